The molecule has 0 aliphatic rings. The van der Waals surface area contributed by atoms with Crippen LogP contribution in [0.25, 0.3) is 0 Å². The largest absolute Gasteiger partial charge is 0.462 e. The summed E-state index contributed by atoms with van der Waals surface area (Å²) in [5, 5.41) is 9.53. The molecule has 0 aliphatic carbocycles. The van der Waals surface area contributed by atoms with Crippen LogP contribution in [0.2, 0.25) is 0 Å². The number of carbonyl (C=O) groups excluding carboxylic acids is 2. The quantitative estimate of drug-likeness (QED) is 0.0432. The number of hydrogen-bond acceptors (Lipinski definition) is 5. The van der Waals surface area contributed by atoms with E-state index in [-0.39, 0.29) is 25.2 Å². The van der Waals surface area contributed by atoms with Crippen LogP contribution < -0.4 is 0 Å². The molecule has 260 valence electrons. The summed E-state index contributed by atoms with van der Waals surface area (Å²) in [7, 11) is 0. The van der Waals surface area contributed by atoms with E-state index in [0.717, 1.165) is 38.5 Å². The van der Waals surface area contributed by atoms with Gasteiger partial charge in [-0.15, -0.1) is 0 Å². The van der Waals surface area contributed by atoms with Crippen molar-refractivity contribution in [2.24, 2.45) is 0 Å². The molecular formula is C39H74O5. The average molecular weight is 623 g/mol. The number of ether oxygens (including phenoxy) is 2. The van der Waals surface area contributed by atoms with E-state index < -0.39 is 6.10 Å². The maximum atomic E-state index is 12.1. The van der Waals surface area contributed by atoms with Crippen molar-refractivity contribution in [1.82, 2.24) is 0 Å². The summed E-state index contributed by atoms with van der Waals surface area (Å²) in [6, 6.07) is 0. The molecule has 0 saturated carbocycles. The van der Waals surface area contributed by atoms with E-state index in [1.54, 1.807) is 0 Å². The third-order valence-electron chi connectivity index (χ3n) is 8.56. The third-order valence-corrected chi connectivity index (χ3v) is 8.56. The fourth-order valence-corrected chi connectivity index (χ4v) is 5.61. The van der Waals surface area contributed by atoms with Gasteiger partial charge in [0.1, 0.15) is 6.61 Å². The lowest BCUT2D eigenvalue weighted by Crippen LogP contribution is -2.28. The molecule has 0 bridgehead atoms. The molecule has 0 fully saturated rings. The van der Waals surface area contributed by atoms with Gasteiger partial charge in [-0.2, -0.15) is 0 Å². The Kier molecular flexibility index (Phi) is 35.0. The molecule has 0 saturated heterocycles. The number of carbonyl (C=O) groups is 2. The van der Waals surface area contributed by atoms with Crippen molar-refractivity contribution < 1.29 is 24.2 Å². The molecule has 1 atom stereocenters. The Hall–Kier alpha value is -1.36. The monoisotopic (exact) mass is 623 g/mol. The zero-order chi connectivity index (χ0) is 32.2. The Morgan fingerprint density at radius 1 is 0.500 bits per heavy atom. The average Bonchev–Trinajstić information content (AvgIpc) is 3.02. The molecule has 0 spiro atoms. The van der Waals surface area contributed by atoms with Gasteiger partial charge in [-0.3, -0.25) is 9.59 Å². The lowest BCUT2D eigenvalue weighted by Gasteiger charge is -2.15. The van der Waals surface area contributed by atoms with Crippen molar-refractivity contribution in [3.63, 3.8) is 0 Å². The lowest BCUT2D eigenvalue weighted by molar-refractivity contribution is -0.161. The summed E-state index contributed by atoms with van der Waals surface area (Å²) < 4.78 is 10.6. The Balaban J connectivity index is 3.52. The van der Waals surface area contributed by atoms with Crippen LogP contribution >= 0.6 is 0 Å². The number of aliphatic hydroxyl groups excluding tert-OH is 1. The van der Waals surface area contributed by atoms with Crippen LogP contribution in [-0.4, -0.2) is 36.4 Å². The number of allylic oxidation sites excluding steroid dienone is 2. The van der Waals surface area contributed by atoms with Crippen LogP contribution in [0.1, 0.15) is 206 Å². The van der Waals surface area contributed by atoms with E-state index in [1.165, 1.54) is 141 Å². The van der Waals surface area contributed by atoms with Crippen molar-refractivity contribution in [2.45, 2.75) is 213 Å². The minimum Gasteiger partial charge on any atom is -0.462 e. The van der Waals surface area contributed by atoms with Crippen molar-refractivity contribution in [3.8, 4) is 0 Å². The van der Waals surface area contributed by atoms with Crippen LogP contribution in [0, 0.1) is 0 Å². The zero-order valence-corrected chi connectivity index (χ0v) is 29.4. The van der Waals surface area contributed by atoms with Crippen LogP contribution in [0.15, 0.2) is 12.2 Å². The number of hydrogen-bond donors (Lipinski definition) is 1. The molecule has 0 aromatic heterocycles. The SMILES string of the molecule is CCCCCC/C=C\CCCCCCCC(=O)OC(CO)COC(=O)CCCCCCCCCCCCCCCCCCC. The van der Waals surface area contributed by atoms with Crippen LogP contribution in [0.5, 0.6) is 0 Å². The third kappa shape index (κ3) is 33.5. The van der Waals surface area contributed by atoms with E-state index in [4.69, 9.17) is 9.47 Å². The Bertz CT molecular complexity index is 632. The minimum atomic E-state index is -0.768. The highest BCUT2D eigenvalue weighted by Gasteiger charge is 2.16. The van der Waals surface area contributed by atoms with Gasteiger partial charge in [-0.05, 0) is 38.5 Å². The van der Waals surface area contributed by atoms with E-state index in [9.17, 15) is 14.7 Å². The molecule has 0 aromatic carbocycles. The van der Waals surface area contributed by atoms with Gasteiger partial charge >= 0.3 is 11.9 Å². The maximum absolute atomic E-state index is 12.1. The Morgan fingerprint density at radius 3 is 1.25 bits per heavy atom. The molecule has 5 heteroatoms. The molecule has 1 N–H and O–H groups in total. The van der Waals surface area contributed by atoms with Gasteiger partial charge in [0.2, 0.25) is 0 Å². The molecule has 0 radical (unpaired) electrons. The second-order valence-electron chi connectivity index (χ2n) is 13.0. The molecule has 0 amide bonds. The predicted octanol–water partition coefficient (Wildman–Crippen LogP) is 11.7. The number of aliphatic hydroxyl groups is 1. The topological polar surface area (TPSA) is 72.8 Å². The molecule has 0 aliphatic heterocycles. The van der Waals surface area contributed by atoms with Crippen LogP contribution in [0.4, 0.5) is 0 Å². The van der Waals surface area contributed by atoms with Crippen molar-refractivity contribution >= 4 is 11.9 Å². The first kappa shape index (κ1) is 42.6. The van der Waals surface area contributed by atoms with Gasteiger partial charge in [0.15, 0.2) is 6.10 Å². The van der Waals surface area contributed by atoms with Crippen LogP contribution in [0.3, 0.4) is 0 Å². The molecule has 0 heterocycles. The number of unbranched alkanes of at least 4 members (excludes halogenated alkanes) is 25. The summed E-state index contributed by atoms with van der Waals surface area (Å²) in [5.74, 6) is -0.592. The second kappa shape index (κ2) is 36.1. The maximum Gasteiger partial charge on any atom is 0.306 e. The van der Waals surface area contributed by atoms with Gasteiger partial charge in [0.25, 0.3) is 0 Å². The highest BCUT2D eigenvalue weighted by atomic mass is 16.6. The van der Waals surface area contributed by atoms with Gasteiger partial charge in [-0.1, -0.05) is 167 Å². The fraction of sp³-hybridized carbons (Fsp3) is 0.897. The Labute approximate surface area is 273 Å². The van der Waals surface area contributed by atoms with Gasteiger partial charge < -0.3 is 14.6 Å². The normalized spacial score (nSPS) is 12.2. The highest BCUT2D eigenvalue weighted by molar-refractivity contribution is 5.70. The summed E-state index contributed by atoms with van der Waals surface area (Å²) in [5.41, 5.74) is 0. The summed E-state index contributed by atoms with van der Waals surface area (Å²) in [4.78, 5) is 24.2. The summed E-state index contributed by atoms with van der Waals surface area (Å²) in [6.45, 7) is 4.13. The molecular weight excluding hydrogens is 548 g/mol. The second-order valence-corrected chi connectivity index (χ2v) is 13.0. The first-order chi connectivity index (χ1) is 21.6. The standard InChI is InChI=1S/C39H74O5/c1-3-5-7-9-11-13-15-17-18-19-20-22-23-25-27-29-31-33-38(41)43-36-37(35-40)44-39(42)34-32-30-28-26-24-21-16-14-12-10-8-6-4-2/h14,16,37,40H,3-13,15,17-36H2,1-2H3/b16-14-. The number of rotatable bonds is 35. The van der Waals surface area contributed by atoms with Crippen molar-refractivity contribution in [3.05, 3.63) is 12.2 Å². The summed E-state index contributed by atoms with van der Waals surface area (Å²) in [6.07, 6.45) is 39.8. The first-order valence-electron chi connectivity index (χ1n) is 19.2. The number of esters is 2. The van der Waals surface area contributed by atoms with Gasteiger partial charge in [-0.25, -0.2) is 0 Å². The minimum absolute atomic E-state index is 0.0633. The van der Waals surface area contributed by atoms with Crippen molar-refractivity contribution in [2.75, 3.05) is 13.2 Å². The predicted molar refractivity (Wildman–Crippen MR) is 187 cm³/mol. The van der Waals surface area contributed by atoms with E-state index in [0.29, 0.717) is 12.8 Å². The lowest BCUT2D eigenvalue weighted by atomic mass is 10.0. The molecule has 44 heavy (non-hydrogen) atoms. The van der Waals surface area contributed by atoms with E-state index in [2.05, 4.69) is 26.0 Å². The van der Waals surface area contributed by atoms with Gasteiger partial charge in [0, 0.05) is 12.8 Å². The highest BCUT2D eigenvalue weighted by Crippen LogP contribution is 2.15. The fourth-order valence-electron chi connectivity index (χ4n) is 5.61. The smallest absolute Gasteiger partial charge is 0.306 e. The van der Waals surface area contributed by atoms with E-state index >= 15 is 0 Å². The Morgan fingerprint density at radius 2 is 0.841 bits per heavy atom. The summed E-state index contributed by atoms with van der Waals surface area (Å²) >= 11 is 0. The molecule has 1 unspecified atom stereocenters. The molecule has 5 nitrogen and oxygen atoms in total. The molecule has 0 rings (SSSR count). The zero-order valence-electron chi connectivity index (χ0n) is 29.4. The van der Waals surface area contributed by atoms with Crippen LogP contribution in [-0.2, 0) is 19.1 Å². The van der Waals surface area contributed by atoms with Gasteiger partial charge in [0.05, 0.1) is 6.61 Å². The van der Waals surface area contributed by atoms with E-state index in [1.807, 2.05) is 0 Å². The first-order valence-corrected chi connectivity index (χ1v) is 19.2. The molecule has 0 aromatic rings. The van der Waals surface area contributed by atoms with Crippen molar-refractivity contribution in [1.29, 1.82) is 0 Å².